The van der Waals surface area contributed by atoms with Crippen molar-refractivity contribution in [2.24, 2.45) is 5.41 Å². The highest BCUT2D eigenvalue weighted by atomic mass is 32.1. The predicted molar refractivity (Wildman–Crippen MR) is 92.9 cm³/mol. The Balaban J connectivity index is 1.78. The number of thiophene rings is 1. The molecule has 0 spiro atoms. The highest BCUT2D eigenvalue weighted by molar-refractivity contribution is 7.23. The number of fused-ring (bicyclic) bond motifs is 3. The van der Waals surface area contributed by atoms with Gasteiger partial charge in [-0.25, -0.2) is 0 Å². The van der Waals surface area contributed by atoms with Crippen molar-refractivity contribution in [2.75, 3.05) is 11.9 Å². The van der Waals surface area contributed by atoms with E-state index < -0.39 is 5.41 Å². The minimum atomic E-state index is -0.391. The largest absolute Gasteiger partial charge is 0.375 e. The molecule has 3 heteroatoms. The van der Waals surface area contributed by atoms with E-state index in [1.54, 1.807) is 11.3 Å². The maximum atomic E-state index is 13.2. The molecule has 1 aliphatic heterocycles. The highest BCUT2D eigenvalue weighted by Crippen LogP contribution is 2.43. The number of carbonyl (C=O) groups excluding carboxylic acids is 1. The van der Waals surface area contributed by atoms with Crippen LogP contribution in [0.15, 0.2) is 54.6 Å². The molecule has 0 saturated carbocycles. The van der Waals surface area contributed by atoms with Crippen LogP contribution >= 0.6 is 11.3 Å². The molecule has 4 rings (SSSR count). The van der Waals surface area contributed by atoms with Gasteiger partial charge in [0.15, 0.2) is 5.78 Å². The molecule has 1 N–H and O–H groups in total. The van der Waals surface area contributed by atoms with Crippen molar-refractivity contribution >= 4 is 32.2 Å². The molecule has 1 unspecified atom stereocenters. The Kier molecular flexibility index (Phi) is 3.05. The van der Waals surface area contributed by atoms with E-state index in [0.29, 0.717) is 6.54 Å². The fourth-order valence-electron chi connectivity index (χ4n) is 3.24. The number of ketones is 1. The van der Waals surface area contributed by atoms with Gasteiger partial charge in [0.2, 0.25) is 0 Å². The summed E-state index contributed by atoms with van der Waals surface area (Å²) < 4.78 is 1.18. The zero-order valence-electron chi connectivity index (χ0n) is 12.4. The molecule has 110 valence electrons. The van der Waals surface area contributed by atoms with Gasteiger partial charge in [0.05, 0.1) is 11.0 Å². The topological polar surface area (TPSA) is 29.1 Å². The summed E-state index contributed by atoms with van der Waals surface area (Å²) in [5.41, 5.74) is 1.70. The Bertz CT molecular complexity index is 852. The average molecular weight is 307 g/mol. The Hall–Kier alpha value is -2.13. The lowest BCUT2D eigenvalue weighted by Gasteiger charge is -2.33. The summed E-state index contributed by atoms with van der Waals surface area (Å²) in [5.74, 6) is 0.266. The minimum Gasteiger partial charge on any atom is -0.375 e. The third-order valence-electron chi connectivity index (χ3n) is 4.45. The zero-order valence-corrected chi connectivity index (χ0v) is 13.2. The second kappa shape index (κ2) is 4.96. The molecular formula is C19H17NOS. The fraction of sp³-hybridized carbons (Fsp3) is 0.211. The summed E-state index contributed by atoms with van der Waals surface area (Å²) in [6, 6.07) is 18.4. The van der Waals surface area contributed by atoms with Crippen LogP contribution in [0.5, 0.6) is 0 Å². The van der Waals surface area contributed by atoms with E-state index in [0.717, 1.165) is 22.4 Å². The second-order valence-electron chi connectivity index (χ2n) is 6.21. The molecule has 0 amide bonds. The van der Waals surface area contributed by atoms with E-state index in [4.69, 9.17) is 0 Å². The van der Waals surface area contributed by atoms with E-state index in [-0.39, 0.29) is 5.78 Å². The predicted octanol–water partition coefficient (Wildman–Crippen LogP) is 4.76. The Morgan fingerprint density at radius 1 is 1.09 bits per heavy atom. The number of benzene rings is 2. The highest BCUT2D eigenvalue weighted by Gasteiger charge is 2.40. The van der Waals surface area contributed by atoms with Gasteiger partial charge in [0.1, 0.15) is 5.00 Å². The molecule has 2 heterocycles. The van der Waals surface area contributed by atoms with Crippen LogP contribution in [0.1, 0.15) is 22.8 Å². The van der Waals surface area contributed by atoms with Crippen LogP contribution in [0.4, 0.5) is 5.00 Å². The van der Waals surface area contributed by atoms with E-state index >= 15 is 0 Å². The molecular weight excluding hydrogens is 290 g/mol. The standard InChI is InChI=1S/C19H17NOS/c1-19(11-13-7-3-2-4-8-13)12-20-18-16(17(19)21)14-9-5-6-10-15(14)22-18/h2-10,20H,11-12H2,1H3. The molecule has 0 fully saturated rings. The molecule has 1 aromatic heterocycles. The van der Waals surface area contributed by atoms with Gasteiger partial charge >= 0.3 is 0 Å². The van der Waals surface area contributed by atoms with Gasteiger partial charge in [-0.2, -0.15) is 0 Å². The van der Waals surface area contributed by atoms with Crippen molar-refractivity contribution in [2.45, 2.75) is 13.3 Å². The van der Waals surface area contributed by atoms with Crippen molar-refractivity contribution in [3.8, 4) is 0 Å². The molecule has 22 heavy (non-hydrogen) atoms. The van der Waals surface area contributed by atoms with Crippen LogP contribution in [-0.4, -0.2) is 12.3 Å². The molecule has 0 aliphatic carbocycles. The monoisotopic (exact) mass is 307 g/mol. The number of carbonyl (C=O) groups is 1. The smallest absolute Gasteiger partial charge is 0.174 e. The molecule has 0 radical (unpaired) electrons. The molecule has 3 aromatic rings. The lowest BCUT2D eigenvalue weighted by atomic mass is 9.75. The van der Waals surface area contributed by atoms with Gasteiger partial charge in [0.25, 0.3) is 0 Å². The Morgan fingerprint density at radius 2 is 1.82 bits per heavy atom. The molecule has 0 saturated heterocycles. The summed E-state index contributed by atoms with van der Waals surface area (Å²) in [4.78, 5) is 13.2. The molecule has 1 aliphatic rings. The maximum absolute atomic E-state index is 13.2. The van der Waals surface area contributed by atoms with E-state index in [1.165, 1.54) is 10.3 Å². The first kappa shape index (κ1) is 13.5. The quantitative estimate of drug-likeness (QED) is 0.739. The third-order valence-corrected chi connectivity index (χ3v) is 5.58. The number of hydrogen-bond donors (Lipinski definition) is 1. The molecule has 0 bridgehead atoms. The maximum Gasteiger partial charge on any atom is 0.174 e. The van der Waals surface area contributed by atoms with Crippen molar-refractivity contribution in [3.05, 3.63) is 65.7 Å². The number of nitrogens with one attached hydrogen (secondary N) is 1. The van der Waals surface area contributed by atoms with Crippen LogP contribution in [0.25, 0.3) is 10.1 Å². The van der Waals surface area contributed by atoms with Crippen LogP contribution in [0, 0.1) is 5.41 Å². The van der Waals surface area contributed by atoms with Gasteiger partial charge in [0, 0.05) is 16.6 Å². The first-order valence-electron chi connectivity index (χ1n) is 7.51. The third kappa shape index (κ3) is 2.04. The summed E-state index contributed by atoms with van der Waals surface area (Å²) in [5, 5.41) is 5.60. The Labute approximate surface area is 133 Å². The van der Waals surface area contributed by atoms with E-state index in [1.807, 2.05) is 30.3 Å². The van der Waals surface area contributed by atoms with E-state index in [2.05, 4.69) is 36.5 Å². The fourth-order valence-corrected chi connectivity index (χ4v) is 4.34. The normalized spacial score (nSPS) is 20.7. The molecule has 2 aromatic carbocycles. The number of rotatable bonds is 2. The van der Waals surface area contributed by atoms with Gasteiger partial charge in [-0.15, -0.1) is 11.3 Å². The van der Waals surface area contributed by atoms with Crippen molar-refractivity contribution in [1.29, 1.82) is 0 Å². The number of anilines is 1. The van der Waals surface area contributed by atoms with Crippen molar-refractivity contribution < 1.29 is 4.79 Å². The van der Waals surface area contributed by atoms with Crippen LogP contribution in [0.3, 0.4) is 0 Å². The van der Waals surface area contributed by atoms with Crippen LogP contribution in [-0.2, 0) is 6.42 Å². The summed E-state index contributed by atoms with van der Waals surface area (Å²) in [6.45, 7) is 2.77. The zero-order chi connectivity index (χ0) is 15.2. The van der Waals surface area contributed by atoms with Gasteiger partial charge in [-0.1, -0.05) is 55.5 Å². The Morgan fingerprint density at radius 3 is 2.64 bits per heavy atom. The molecule has 1 atom stereocenters. The second-order valence-corrected chi connectivity index (χ2v) is 7.26. The lowest BCUT2D eigenvalue weighted by molar-refractivity contribution is 0.0826. The summed E-state index contributed by atoms with van der Waals surface area (Å²) in [7, 11) is 0. The first-order chi connectivity index (χ1) is 10.7. The van der Waals surface area contributed by atoms with E-state index in [9.17, 15) is 4.79 Å². The lowest BCUT2D eigenvalue weighted by Crippen LogP contribution is -2.40. The number of hydrogen-bond acceptors (Lipinski definition) is 3. The van der Waals surface area contributed by atoms with Gasteiger partial charge in [-0.05, 0) is 18.1 Å². The average Bonchev–Trinajstić information content (AvgIpc) is 2.91. The first-order valence-corrected chi connectivity index (χ1v) is 8.33. The summed E-state index contributed by atoms with van der Waals surface area (Å²) in [6.07, 6.45) is 0.767. The van der Waals surface area contributed by atoms with Crippen LogP contribution < -0.4 is 5.32 Å². The van der Waals surface area contributed by atoms with Crippen molar-refractivity contribution in [3.63, 3.8) is 0 Å². The molecule has 2 nitrogen and oxygen atoms in total. The van der Waals surface area contributed by atoms with Crippen molar-refractivity contribution in [1.82, 2.24) is 0 Å². The number of Topliss-reactive ketones (excluding diaryl/α,β-unsaturated/α-hetero) is 1. The summed E-state index contributed by atoms with van der Waals surface area (Å²) >= 11 is 1.68. The van der Waals surface area contributed by atoms with Gasteiger partial charge in [-0.3, -0.25) is 4.79 Å². The van der Waals surface area contributed by atoms with Crippen LogP contribution in [0.2, 0.25) is 0 Å². The van der Waals surface area contributed by atoms with Gasteiger partial charge < -0.3 is 5.32 Å². The SMILES string of the molecule is CC1(Cc2ccccc2)CNc2sc3ccccc3c2C1=O. The minimum absolute atomic E-state index is 0.266.